The van der Waals surface area contributed by atoms with Crippen molar-refractivity contribution >= 4 is 51.9 Å². The highest BCUT2D eigenvalue weighted by molar-refractivity contribution is 14.1. The maximum Gasteiger partial charge on any atom is 0.234 e. The highest BCUT2D eigenvalue weighted by Crippen LogP contribution is 2.38. The lowest BCUT2D eigenvalue weighted by Crippen LogP contribution is -2.27. The molecule has 0 aromatic heterocycles. The summed E-state index contributed by atoms with van der Waals surface area (Å²) in [5, 5.41) is 5.59. The van der Waals surface area contributed by atoms with Gasteiger partial charge in [0.25, 0.3) is 0 Å². The number of fused-ring (bicyclic) bond motifs is 1. The van der Waals surface area contributed by atoms with Gasteiger partial charge in [0, 0.05) is 20.9 Å². The van der Waals surface area contributed by atoms with Crippen LogP contribution in [0.3, 0.4) is 0 Å². The molecule has 3 rings (SSSR count). The van der Waals surface area contributed by atoms with Crippen LogP contribution in [0, 0.1) is 5.82 Å². The molecule has 0 spiro atoms. The lowest BCUT2D eigenvalue weighted by Gasteiger charge is -2.19. The van der Waals surface area contributed by atoms with E-state index in [9.17, 15) is 14.0 Å². The van der Waals surface area contributed by atoms with Gasteiger partial charge in [-0.2, -0.15) is 0 Å². The van der Waals surface area contributed by atoms with Crippen LogP contribution in [0.25, 0.3) is 0 Å². The fraction of sp³-hybridized carbons (Fsp3) is 0.385. The average Bonchev–Trinajstić information content (AvgIpc) is 2.79. The topological polar surface area (TPSA) is 58.2 Å². The number of nitrogens with one attached hydrogen (secondary N) is 2. The number of hydrogen-bond acceptors (Lipinski definition) is 3. The number of carbonyl (C=O) groups is 2. The molecule has 1 fully saturated rings. The summed E-state index contributed by atoms with van der Waals surface area (Å²) in [5.74, 6) is -0.779. The summed E-state index contributed by atoms with van der Waals surface area (Å²) in [6.45, 7) is 0. The first kappa shape index (κ1) is 14.1. The minimum absolute atomic E-state index is 0.0903. The predicted octanol–water partition coefficient (Wildman–Crippen LogP) is 2.28. The Bertz CT molecular complexity index is 596. The Morgan fingerprint density at radius 1 is 1.40 bits per heavy atom. The van der Waals surface area contributed by atoms with Crippen LogP contribution in [-0.4, -0.2) is 28.0 Å². The zero-order valence-corrected chi connectivity index (χ0v) is 13.4. The van der Waals surface area contributed by atoms with Gasteiger partial charge in [0.05, 0.1) is 17.4 Å². The number of hydrogen-bond donors (Lipinski definition) is 2. The van der Waals surface area contributed by atoms with Crippen LogP contribution in [-0.2, 0) is 9.59 Å². The normalized spacial score (nSPS) is 25.1. The molecule has 0 radical (unpaired) electrons. The molecular formula is C13H12FIN2O2S. The molecule has 106 valence electrons. The van der Waals surface area contributed by atoms with Crippen molar-refractivity contribution in [3.63, 3.8) is 0 Å². The highest BCUT2D eigenvalue weighted by atomic mass is 127. The Hall–Kier alpha value is -0.830. The number of rotatable bonds is 2. The first-order valence-corrected chi connectivity index (χ1v) is 8.72. The lowest BCUT2D eigenvalue weighted by atomic mass is 9.95. The number of anilines is 1. The largest absolute Gasteiger partial charge is 0.352 e. The summed E-state index contributed by atoms with van der Waals surface area (Å²) in [6.07, 6.45) is 0.596. The molecule has 1 saturated heterocycles. The predicted molar refractivity (Wildman–Crippen MR) is 83.9 cm³/mol. The third kappa shape index (κ3) is 2.52. The number of benzene rings is 1. The van der Waals surface area contributed by atoms with Gasteiger partial charge in [0.1, 0.15) is 5.82 Å². The highest BCUT2D eigenvalue weighted by Gasteiger charge is 2.35. The number of amides is 2. The van der Waals surface area contributed by atoms with E-state index in [1.54, 1.807) is 6.07 Å². The summed E-state index contributed by atoms with van der Waals surface area (Å²) in [6, 6.07) is 3.11. The van der Waals surface area contributed by atoms with Gasteiger partial charge in [0.2, 0.25) is 11.8 Å². The van der Waals surface area contributed by atoms with E-state index in [1.165, 1.54) is 17.8 Å². The molecular weight excluding hydrogens is 394 g/mol. The Labute approximate surface area is 133 Å². The fourth-order valence-electron chi connectivity index (χ4n) is 2.51. The number of alkyl halides is 1. The van der Waals surface area contributed by atoms with Crippen molar-refractivity contribution in [2.45, 2.75) is 23.3 Å². The van der Waals surface area contributed by atoms with E-state index in [0.29, 0.717) is 23.4 Å². The van der Waals surface area contributed by atoms with Crippen LogP contribution in [0.1, 0.15) is 17.9 Å². The first-order valence-electron chi connectivity index (χ1n) is 6.21. The molecule has 2 aliphatic heterocycles. The van der Waals surface area contributed by atoms with Crippen LogP contribution in [0.5, 0.6) is 0 Å². The fourth-order valence-corrected chi connectivity index (χ4v) is 3.90. The van der Waals surface area contributed by atoms with Crippen molar-refractivity contribution < 1.29 is 14.0 Å². The number of carbonyl (C=O) groups excluding carboxylic acids is 2. The molecule has 20 heavy (non-hydrogen) atoms. The quantitative estimate of drug-likeness (QED) is 0.586. The van der Waals surface area contributed by atoms with Gasteiger partial charge in [-0.15, -0.1) is 11.8 Å². The Morgan fingerprint density at radius 3 is 2.90 bits per heavy atom. The molecule has 2 unspecified atom stereocenters. The van der Waals surface area contributed by atoms with E-state index in [1.807, 2.05) is 0 Å². The summed E-state index contributed by atoms with van der Waals surface area (Å²) in [7, 11) is 0. The molecule has 2 amide bonds. The number of halogens is 2. The zero-order valence-electron chi connectivity index (χ0n) is 10.4. The van der Waals surface area contributed by atoms with Gasteiger partial charge < -0.3 is 10.6 Å². The molecule has 2 atom stereocenters. The van der Waals surface area contributed by atoms with Crippen molar-refractivity contribution in [1.29, 1.82) is 0 Å². The summed E-state index contributed by atoms with van der Waals surface area (Å²) >= 11 is 3.52. The van der Waals surface area contributed by atoms with E-state index < -0.39 is 5.92 Å². The van der Waals surface area contributed by atoms with Crippen LogP contribution in [0.15, 0.2) is 17.0 Å². The third-order valence-electron chi connectivity index (χ3n) is 3.48. The van der Waals surface area contributed by atoms with Gasteiger partial charge >= 0.3 is 0 Å². The van der Waals surface area contributed by atoms with Crippen molar-refractivity contribution in [3.8, 4) is 0 Å². The molecule has 1 aromatic rings. The maximum absolute atomic E-state index is 14.2. The third-order valence-corrected chi connectivity index (χ3v) is 5.60. The second-order valence-corrected chi connectivity index (χ2v) is 6.75. The van der Waals surface area contributed by atoms with E-state index in [4.69, 9.17) is 0 Å². The summed E-state index contributed by atoms with van der Waals surface area (Å²) < 4.78 is 15.0. The molecule has 2 heterocycles. The minimum atomic E-state index is -0.469. The van der Waals surface area contributed by atoms with Gasteiger partial charge in [-0.3, -0.25) is 9.59 Å². The van der Waals surface area contributed by atoms with Crippen LogP contribution >= 0.6 is 34.4 Å². The second kappa shape index (κ2) is 5.51. The van der Waals surface area contributed by atoms with Crippen molar-refractivity contribution in [2.24, 2.45) is 0 Å². The molecule has 7 heteroatoms. The molecule has 1 aromatic carbocycles. The Morgan fingerprint density at radius 2 is 2.20 bits per heavy atom. The van der Waals surface area contributed by atoms with Gasteiger partial charge in [-0.25, -0.2) is 4.39 Å². The van der Waals surface area contributed by atoms with Crippen molar-refractivity contribution in [3.05, 3.63) is 23.5 Å². The minimum Gasteiger partial charge on any atom is -0.352 e. The Balaban J connectivity index is 1.96. The van der Waals surface area contributed by atoms with Crippen LogP contribution in [0.2, 0.25) is 0 Å². The SMILES string of the molecule is O=C1CSc2cc(F)c(C3CC(CI)NC3=O)cc2N1. The standard InChI is InChI=1S/C13H12FIN2O2S/c14-9-3-11-10(17-12(18)5-20-11)2-7(9)8-1-6(4-15)16-13(8)19/h2-3,6,8H,1,4-5H2,(H,16,19)(H,17,18). The van der Waals surface area contributed by atoms with Gasteiger partial charge in [-0.1, -0.05) is 22.6 Å². The Kier molecular flexibility index (Phi) is 3.89. The smallest absolute Gasteiger partial charge is 0.234 e. The summed E-state index contributed by atoms with van der Waals surface area (Å²) in [5.41, 5.74) is 0.977. The molecule has 0 aliphatic carbocycles. The van der Waals surface area contributed by atoms with Crippen molar-refractivity contribution in [2.75, 3.05) is 15.5 Å². The van der Waals surface area contributed by atoms with Gasteiger partial charge in [0.15, 0.2) is 0 Å². The van der Waals surface area contributed by atoms with Gasteiger partial charge in [-0.05, 0) is 18.6 Å². The van der Waals surface area contributed by atoms with Crippen LogP contribution in [0.4, 0.5) is 10.1 Å². The average molecular weight is 406 g/mol. The van der Waals surface area contributed by atoms with E-state index in [-0.39, 0.29) is 23.7 Å². The molecule has 0 saturated carbocycles. The van der Waals surface area contributed by atoms with Crippen molar-refractivity contribution in [1.82, 2.24) is 5.32 Å². The van der Waals surface area contributed by atoms with E-state index in [0.717, 1.165) is 9.32 Å². The second-order valence-electron chi connectivity index (χ2n) is 4.85. The molecule has 4 nitrogen and oxygen atoms in total. The monoisotopic (exact) mass is 406 g/mol. The summed E-state index contributed by atoms with van der Waals surface area (Å²) in [4.78, 5) is 24.1. The molecule has 2 aliphatic rings. The van der Waals surface area contributed by atoms with E-state index in [2.05, 4.69) is 33.2 Å². The maximum atomic E-state index is 14.2. The zero-order chi connectivity index (χ0) is 14.3. The molecule has 0 bridgehead atoms. The van der Waals surface area contributed by atoms with E-state index >= 15 is 0 Å². The number of thioether (sulfide) groups is 1. The lowest BCUT2D eigenvalue weighted by molar-refractivity contribution is -0.120. The molecule has 2 N–H and O–H groups in total. The first-order chi connectivity index (χ1) is 9.58. The van der Waals surface area contributed by atoms with Crippen LogP contribution < -0.4 is 10.6 Å².